The number of halogens is 3. The fourth-order valence-corrected chi connectivity index (χ4v) is 4.02. The minimum Gasteiger partial charge on any atom is -0.368 e. The first kappa shape index (κ1) is 17.1. The average molecular weight is 376 g/mol. The smallest absolute Gasteiger partial charge is 0.137 e. The van der Waals surface area contributed by atoms with Crippen molar-refractivity contribution in [1.29, 1.82) is 0 Å². The topological polar surface area (TPSA) is 39.9 Å². The fraction of sp³-hybridized carbons (Fsp3) is 0.263. The zero-order chi connectivity index (χ0) is 18.1. The zero-order valence-corrected chi connectivity index (χ0v) is 14.5. The summed E-state index contributed by atoms with van der Waals surface area (Å²) in [6, 6.07) is 11.0. The molecule has 7 heteroatoms. The number of nitrogens with zero attached hydrogens (tertiary/aromatic N) is 3. The van der Waals surface area contributed by atoms with Crippen LogP contribution in [0.4, 0.5) is 8.78 Å². The molecule has 0 unspecified atom stereocenters. The molecule has 1 aromatic heterocycles. The Labute approximate surface area is 154 Å². The molecule has 0 amide bonds. The largest absolute Gasteiger partial charge is 0.368 e. The number of rotatable bonds is 4. The molecule has 1 saturated heterocycles. The molecule has 4 rings (SSSR count). The van der Waals surface area contributed by atoms with E-state index >= 15 is 0 Å². The molecule has 4 nitrogen and oxygen atoms in total. The van der Waals surface area contributed by atoms with Crippen LogP contribution in [-0.4, -0.2) is 21.4 Å². The van der Waals surface area contributed by atoms with Gasteiger partial charge in [-0.05, 0) is 24.1 Å². The van der Waals surface area contributed by atoms with E-state index in [1.807, 2.05) is 18.2 Å². The lowest BCUT2D eigenvalue weighted by Crippen LogP contribution is -2.37. The van der Waals surface area contributed by atoms with Crippen LogP contribution in [0.2, 0.25) is 5.02 Å². The van der Waals surface area contributed by atoms with Gasteiger partial charge in [-0.2, -0.15) is 5.10 Å². The highest BCUT2D eigenvalue weighted by atomic mass is 35.5. The standard InChI is InChI=1S/C19H16ClF2N3O/c20-17-4-2-1-3-14(17)15-7-8-26-19(15,10-25-12-23-11-24-25)16-6-5-13(21)9-18(16)22/h1-6,9,11-12,15H,7-8,10H2/t15-,19+/m1/s1. The van der Waals surface area contributed by atoms with Gasteiger partial charge in [-0.3, -0.25) is 0 Å². The highest BCUT2D eigenvalue weighted by Crippen LogP contribution is 2.50. The molecule has 2 atom stereocenters. The van der Waals surface area contributed by atoms with Gasteiger partial charge in [-0.1, -0.05) is 35.9 Å². The summed E-state index contributed by atoms with van der Waals surface area (Å²) in [5, 5.41) is 4.74. The molecular formula is C19H16ClF2N3O. The Kier molecular flexibility index (Phi) is 4.46. The number of ether oxygens (including phenoxy) is 1. The van der Waals surface area contributed by atoms with E-state index in [0.29, 0.717) is 18.1 Å². The lowest BCUT2D eigenvalue weighted by atomic mass is 9.77. The van der Waals surface area contributed by atoms with E-state index in [1.165, 1.54) is 18.5 Å². The Hall–Kier alpha value is -2.31. The van der Waals surface area contributed by atoms with Gasteiger partial charge in [0.15, 0.2) is 0 Å². The van der Waals surface area contributed by atoms with Crippen LogP contribution in [-0.2, 0) is 16.9 Å². The Morgan fingerprint density at radius 1 is 1.23 bits per heavy atom. The molecule has 0 spiro atoms. The highest BCUT2D eigenvalue weighted by molar-refractivity contribution is 6.31. The molecule has 0 radical (unpaired) electrons. The van der Waals surface area contributed by atoms with Gasteiger partial charge in [0.05, 0.1) is 6.54 Å². The molecule has 3 aromatic rings. The van der Waals surface area contributed by atoms with Crippen molar-refractivity contribution >= 4 is 11.6 Å². The molecule has 0 saturated carbocycles. The van der Waals surface area contributed by atoms with Crippen LogP contribution in [0.15, 0.2) is 55.1 Å². The molecule has 0 aliphatic carbocycles. The Bertz CT molecular complexity index is 919. The zero-order valence-electron chi connectivity index (χ0n) is 13.8. The summed E-state index contributed by atoms with van der Waals surface area (Å²) in [6.45, 7) is 0.673. The first-order valence-electron chi connectivity index (χ1n) is 8.26. The maximum absolute atomic E-state index is 14.8. The van der Waals surface area contributed by atoms with Crippen molar-refractivity contribution in [1.82, 2.24) is 14.8 Å². The van der Waals surface area contributed by atoms with Crippen molar-refractivity contribution in [3.05, 3.63) is 82.9 Å². The number of benzene rings is 2. The van der Waals surface area contributed by atoms with E-state index in [2.05, 4.69) is 10.1 Å². The van der Waals surface area contributed by atoms with Crippen molar-refractivity contribution in [3.63, 3.8) is 0 Å². The van der Waals surface area contributed by atoms with E-state index < -0.39 is 17.2 Å². The second-order valence-corrected chi connectivity index (χ2v) is 6.73. The average Bonchev–Trinajstić information content (AvgIpc) is 3.26. The first-order valence-corrected chi connectivity index (χ1v) is 8.64. The van der Waals surface area contributed by atoms with E-state index in [9.17, 15) is 8.78 Å². The molecular weight excluding hydrogens is 360 g/mol. The van der Waals surface area contributed by atoms with Crippen LogP contribution in [0.25, 0.3) is 0 Å². The summed E-state index contributed by atoms with van der Waals surface area (Å²) < 4.78 is 36.0. The van der Waals surface area contributed by atoms with Gasteiger partial charge in [0.2, 0.25) is 0 Å². The lowest BCUT2D eigenvalue weighted by Gasteiger charge is -2.35. The van der Waals surface area contributed by atoms with Crippen molar-refractivity contribution in [2.24, 2.45) is 0 Å². The van der Waals surface area contributed by atoms with Crippen molar-refractivity contribution in [2.45, 2.75) is 24.5 Å². The summed E-state index contributed by atoms with van der Waals surface area (Å²) in [5.41, 5.74) is 0.101. The van der Waals surface area contributed by atoms with Crippen LogP contribution < -0.4 is 0 Å². The van der Waals surface area contributed by atoms with Crippen LogP contribution in [0.3, 0.4) is 0 Å². The number of hydrogen-bond donors (Lipinski definition) is 0. The first-order chi connectivity index (χ1) is 12.6. The van der Waals surface area contributed by atoms with Crippen LogP contribution >= 0.6 is 11.6 Å². The van der Waals surface area contributed by atoms with Crippen molar-refractivity contribution in [2.75, 3.05) is 6.61 Å². The summed E-state index contributed by atoms with van der Waals surface area (Å²) in [4.78, 5) is 3.96. The molecule has 26 heavy (non-hydrogen) atoms. The summed E-state index contributed by atoms with van der Waals surface area (Å²) in [5.74, 6) is -1.49. The molecule has 2 heterocycles. The third kappa shape index (κ3) is 2.89. The molecule has 1 fully saturated rings. The van der Waals surface area contributed by atoms with Crippen LogP contribution in [0, 0.1) is 11.6 Å². The summed E-state index contributed by atoms with van der Waals surface area (Å²) >= 11 is 6.42. The number of aromatic nitrogens is 3. The van der Waals surface area contributed by atoms with E-state index in [0.717, 1.165) is 11.6 Å². The third-order valence-electron chi connectivity index (χ3n) is 4.86. The van der Waals surface area contributed by atoms with Gasteiger partial charge in [-0.15, -0.1) is 0 Å². The second kappa shape index (κ2) is 6.78. The van der Waals surface area contributed by atoms with Crippen LogP contribution in [0.1, 0.15) is 23.5 Å². The molecule has 1 aliphatic rings. The van der Waals surface area contributed by atoms with Gasteiger partial charge < -0.3 is 4.74 Å². The quantitative estimate of drug-likeness (QED) is 0.682. The minimum absolute atomic E-state index is 0.208. The van der Waals surface area contributed by atoms with Gasteiger partial charge in [-0.25, -0.2) is 18.4 Å². The second-order valence-electron chi connectivity index (χ2n) is 6.32. The molecule has 0 bridgehead atoms. The Morgan fingerprint density at radius 3 is 2.81 bits per heavy atom. The summed E-state index contributed by atoms with van der Waals surface area (Å²) in [6.07, 6.45) is 3.62. The van der Waals surface area contributed by atoms with Crippen molar-refractivity contribution in [3.8, 4) is 0 Å². The SMILES string of the molecule is Fc1ccc([C@@]2(Cn3cncn3)OCC[C@@H]2c2ccccc2Cl)c(F)c1. The normalized spacial score (nSPS) is 22.7. The van der Waals surface area contributed by atoms with Gasteiger partial charge in [0.1, 0.15) is 29.9 Å². The molecule has 2 aromatic carbocycles. The van der Waals surface area contributed by atoms with Gasteiger partial charge in [0, 0.05) is 29.2 Å². The Balaban J connectivity index is 1.88. The summed E-state index contributed by atoms with van der Waals surface area (Å²) in [7, 11) is 0. The van der Waals surface area contributed by atoms with Crippen LogP contribution in [0.5, 0.6) is 0 Å². The highest BCUT2D eigenvalue weighted by Gasteiger charge is 2.49. The maximum atomic E-state index is 14.8. The predicted molar refractivity (Wildman–Crippen MR) is 92.8 cm³/mol. The third-order valence-corrected chi connectivity index (χ3v) is 5.20. The fourth-order valence-electron chi connectivity index (χ4n) is 3.75. The van der Waals surface area contributed by atoms with E-state index in [-0.39, 0.29) is 18.0 Å². The lowest BCUT2D eigenvalue weighted by molar-refractivity contribution is -0.0299. The number of hydrogen-bond acceptors (Lipinski definition) is 3. The van der Waals surface area contributed by atoms with Crippen molar-refractivity contribution < 1.29 is 13.5 Å². The molecule has 134 valence electrons. The maximum Gasteiger partial charge on any atom is 0.137 e. The monoisotopic (exact) mass is 375 g/mol. The minimum atomic E-state index is -1.06. The Morgan fingerprint density at radius 2 is 2.08 bits per heavy atom. The van der Waals surface area contributed by atoms with E-state index in [1.54, 1.807) is 17.1 Å². The van der Waals surface area contributed by atoms with E-state index in [4.69, 9.17) is 16.3 Å². The predicted octanol–water partition coefficient (Wildman–Crippen LogP) is 4.31. The molecule has 0 N–H and O–H groups in total. The molecule has 1 aliphatic heterocycles. The van der Waals surface area contributed by atoms with Gasteiger partial charge in [0.25, 0.3) is 0 Å². The van der Waals surface area contributed by atoms with Gasteiger partial charge >= 0.3 is 0 Å².